The van der Waals surface area contributed by atoms with E-state index in [0.717, 1.165) is 24.3 Å². The molecule has 0 aliphatic rings. The standard InChI is InChI=1S/C14H19ClN2O/c1-3-7-17-10-11-8-12(15)5-6-14(11)18-13(4-2)9-16/h5-6,8,13,17H,3-4,7,10H2,1-2H3. The molecule has 0 saturated carbocycles. The number of halogens is 1. The Labute approximate surface area is 114 Å². The van der Waals surface area contributed by atoms with Crippen LogP contribution < -0.4 is 10.1 Å². The topological polar surface area (TPSA) is 45.0 Å². The van der Waals surface area contributed by atoms with Gasteiger partial charge in [-0.1, -0.05) is 25.4 Å². The van der Waals surface area contributed by atoms with E-state index in [-0.39, 0.29) is 0 Å². The summed E-state index contributed by atoms with van der Waals surface area (Å²) >= 11 is 5.99. The van der Waals surface area contributed by atoms with E-state index < -0.39 is 6.10 Å². The van der Waals surface area contributed by atoms with E-state index in [1.54, 1.807) is 6.07 Å². The van der Waals surface area contributed by atoms with E-state index in [4.69, 9.17) is 21.6 Å². The Balaban J connectivity index is 2.79. The summed E-state index contributed by atoms with van der Waals surface area (Å²) in [5.74, 6) is 0.733. The van der Waals surface area contributed by atoms with Crippen LogP contribution in [0.25, 0.3) is 0 Å². The summed E-state index contributed by atoms with van der Waals surface area (Å²) in [4.78, 5) is 0. The zero-order valence-corrected chi connectivity index (χ0v) is 11.6. The van der Waals surface area contributed by atoms with Gasteiger partial charge in [-0.2, -0.15) is 5.26 Å². The number of nitrogens with one attached hydrogen (secondary N) is 1. The Kier molecular flexibility index (Phi) is 6.56. The molecule has 1 aromatic carbocycles. The Morgan fingerprint density at radius 2 is 2.22 bits per heavy atom. The number of ether oxygens (including phenoxy) is 1. The normalized spacial score (nSPS) is 11.9. The zero-order valence-electron chi connectivity index (χ0n) is 10.9. The summed E-state index contributed by atoms with van der Waals surface area (Å²) in [5.41, 5.74) is 0.990. The smallest absolute Gasteiger partial charge is 0.184 e. The van der Waals surface area contributed by atoms with Crippen molar-refractivity contribution in [3.05, 3.63) is 28.8 Å². The minimum Gasteiger partial charge on any atom is -0.475 e. The van der Waals surface area contributed by atoms with Crippen molar-refractivity contribution >= 4 is 11.6 Å². The summed E-state index contributed by atoms with van der Waals surface area (Å²) in [6.45, 7) is 5.69. The van der Waals surface area contributed by atoms with Crippen LogP contribution in [0.3, 0.4) is 0 Å². The fourth-order valence-electron chi connectivity index (χ4n) is 1.56. The molecule has 1 rings (SSSR count). The highest BCUT2D eigenvalue weighted by Crippen LogP contribution is 2.24. The Hall–Kier alpha value is -1.24. The quantitative estimate of drug-likeness (QED) is 0.768. The van der Waals surface area contributed by atoms with Gasteiger partial charge in [-0.25, -0.2) is 0 Å². The lowest BCUT2D eigenvalue weighted by atomic mass is 10.2. The average molecular weight is 267 g/mol. The fraction of sp³-hybridized carbons (Fsp3) is 0.500. The molecule has 0 heterocycles. The van der Waals surface area contributed by atoms with Crippen molar-refractivity contribution in [3.8, 4) is 11.8 Å². The highest BCUT2D eigenvalue weighted by atomic mass is 35.5. The molecule has 18 heavy (non-hydrogen) atoms. The first-order chi connectivity index (χ1) is 8.71. The van der Waals surface area contributed by atoms with Crippen LogP contribution in [0.1, 0.15) is 32.3 Å². The predicted molar refractivity (Wildman–Crippen MR) is 73.8 cm³/mol. The lowest BCUT2D eigenvalue weighted by molar-refractivity contribution is 0.249. The van der Waals surface area contributed by atoms with Crippen molar-refractivity contribution in [1.29, 1.82) is 5.26 Å². The molecule has 98 valence electrons. The van der Waals surface area contributed by atoms with Gasteiger partial charge in [0, 0.05) is 17.1 Å². The maximum atomic E-state index is 8.93. The Morgan fingerprint density at radius 3 is 2.83 bits per heavy atom. The molecule has 0 aliphatic carbocycles. The van der Waals surface area contributed by atoms with Crippen LogP contribution in [-0.2, 0) is 6.54 Å². The van der Waals surface area contributed by atoms with E-state index in [0.29, 0.717) is 18.0 Å². The average Bonchev–Trinajstić information content (AvgIpc) is 2.38. The molecule has 0 radical (unpaired) electrons. The summed E-state index contributed by atoms with van der Waals surface area (Å²) in [6.07, 6.45) is 1.34. The molecule has 3 nitrogen and oxygen atoms in total. The predicted octanol–water partition coefficient (Wildman–Crippen LogP) is 3.52. The van der Waals surface area contributed by atoms with E-state index in [1.165, 1.54) is 0 Å². The second-order valence-electron chi connectivity index (χ2n) is 4.07. The van der Waals surface area contributed by atoms with Crippen molar-refractivity contribution in [3.63, 3.8) is 0 Å². The third-order valence-corrected chi connectivity index (χ3v) is 2.78. The van der Waals surface area contributed by atoms with Gasteiger partial charge >= 0.3 is 0 Å². The Morgan fingerprint density at radius 1 is 1.44 bits per heavy atom. The molecule has 0 saturated heterocycles. The first-order valence-corrected chi connectivity index (χ1v) is 6.64. The fourth-order valence-corrected chi connectivity index (χ4v) is 1.75. The highest BCUT2D eigenvalue weighted by Gasteiger charge is 2.10. The molecule has 1 aromatic rings. The van der Waals surface area contributed by atoms with Gasteiger partial charge < -0.3 is 10.1 Å². The lowest BCUT2D eigenvalue weighted by Crippen LogP contribution is -2.17. The van der Waals surface area contributed by atoms with Crippen LogP contribution in [-0.4, -0.2) is 12.6 Å². The maximum absolute atomic E-state index is 8.93. The van der Waals surface area contributed by atoms with Gasteiger partial charge in [-0.3, -0.25) is 0 Å². The van der Waals surface area contributed by atoms with E-state index in [2.05, 4.69) is 18.3 Å². The van der Waals surface area contributed by atoms with E-state index >= 15 is 0 Å². The van der Waals surface area contributed by atoms with Crippen LogP contribution in [0.2, 0.25) is 5.02 Å². The van der Waals surface area contributed by atoms with Crippen LogP contribution in [0, 0.1) is 11.3 Å². The first-order valence-electron chi connectivity index (χ1n) is 6.26. The van der Waals surface area contributed by atoms with E-state index in [1.807, 2.05) is 19.1 Å². The van der Waals surface area contributed by atoms with Crippen LogP contribution in [0.4, 0.5) is 0 Å². The second kappa shape index (κ2) is 7.97. The number of benzene rings is 1. The molecule has 0 spiro atoms. The van der Waals surface area contributed by atoms with Crippen molar-refractivity contribution in [2.45, 2.75) is 39.3 Å². The third-order valence-electron chi connectivity index (χ3n) is 2.55. The molecule has 4 heteroatoms. The van der Waals surface area contributed by atoms with Crippen molar-refractivity contribution in [1.82, 2.24) is 5.32 Å². The minimum atomic E-state index is -0.406. The van der Waals surface area contributed by atoms with Gasteiger partial charge in [0.25, 0.3) is 0 Å². The molecule has 0 fully saturated rings. The van der Waals surface area contributed by atoms with Crippen LogP contribution in [0.15, 0.2) is 18.2 Å². The lowest BCUT2D eigenvalue weighted by Gasteiger charge is -2.15. The molecular formula is C14H19ClN2O. The van der Waals surface area contributed by atoms with Gasteiger partial charge in [0.15, 0.2) is 6.10 Å². The molecule has 1 atom stereocenters. The van der Waals surface area contributed by atoms with Crippen molar-refractivity contribution < 1.29 is 4.74 Å². The SMILES string of the molecule is CCCNCc1cc(Cl)ccc1OC(C#N)CC. The third kappa shape index (κ3) is 4.56. The van der Waals surface area contributed by atoms with Gasteiger partial charge in [-0.15, -0.1) is 0 Å². The molecular weight excluding hydrogens is 248 g/mol. The summed E-state index contributed by atoms with van der Waals surface area (Å²) in [5, 5.41) is 12.9. The number of nitrogens with zero attached hydrogens (tertiary/aromatic N) is 1. The summed E-state index contributed by atoms with van der Waals surface area (Å²) in [6, 6.07) is 7.62. The highest BCUT2D eigenvalue weighted by molar-refractivity contribution is 6.30. The van der Waals surface area contributed by atoms with Crippen molar-refractivity contribution in [2.24, 2.45) is 0 Å². The number of hydrogen-bond donors (Lipinski definition) is 1. The van der Waals surface area contributed by atoms with Crippen LogP contribution >= 0.6 is 11.6 Å². The monoisotopic (exact) mass is 266 g/mol. The van der Waals surface area contributed by atoms with Gasteiger partial charge in [0.2, 0.25) is 0 Å². The second-order valence-corrected chi connectivity index (χ2v) is 4.51. The van der Waals surface area contributed by atoms with Gasteiger partial charge in [0.05, 0.1) is 0 Å². The van der Waals surface area contributed by atoms with E-state index in [9.17, 15) is 0 Å². The number of rotatable bonds is 7. The summed E-state index contributed by atoms with van der Waals surface area (Å²) in [7, 11) is 0. The van der Waals surface area contributed by atoms with Gasteiger partial charge in [-0.05, 0) is 37.6 Å². The van der Waals surface area contributed by atoms with Crippen molar-refractivity contribution in [2.75, 3.05) is 6.54 Å². The Bertz CT molecular complexity index is 415. The number of hydrogen-bond acceptors (Lipinski definition) is 3. The minimum absolute atomic E-state index is 0.406. The molecule has 0 aliphatic heterocycles. The van der Waals surface area contributed by atoms with Gasteiger partial charge in [0.1, 0.15) is 11.8 Å². The molecule has 0 bridgehead atoms. The first kappa shape index (κ1) is 14.8. The molecule has 1 unspecified atom stereocenters. The number of nitriles is 1. The largest absolute Gasteiger partial charge is 0.475 e. The van der Waals surface area contributed by atoms with Crippen LogP contribution in [0.5, 0.6) is 5.75 Å². The molecule has 0 aromatic heterocycles. The zero-order chi connectivity index (χ0) is 13.4. The molecule has 0 amide bonds. The molecule has 1 N–H and O–H groups in total. The maximum Gasteiger partial charge on any atom is 0.184 e. The summed E-state index contributed by atoms with van der Waals surface area (Å²) < 4.78 is 5.67.